The molecule has 2 fully saturated rings. The normalized spacial score (nSPS) is 27.7. The van der Waals surface area contributed by atoms with Crippen molar-refractivity contribution in [2.45, 2.75) is 31.8 Å². The SMILES string of the molecule is O=C1CCN(CCC2CCCO2)C1=O. The third kappa shape index (κ3) is 1.95. The molecule has 0 aromatic heterocycles. The van der Waals surface area contributed by atoms with Crippen LogP contribution in [0.1, 0.15) is 25.7 Å². The van der Waals surface area contributed by atoms with Crippen LogP contribution in [0.15, 0.2) is 0 Å². The van der Waals surface area contributed by atoms with Crippen LogP contribution in [0.25, 0.3) is 0 Å². The Morgan fingerprint density at radius 2 is 2.29 bits per heavy atom. The zero-order valence-corrected chi connectivity index (χ0v) is 8.20. The highest BCUT2D eigenvalue weighted by atomic mass is 16.5. The van der Waals surface area contributed by atoms with Gasteiger partial charge in [0.2, 0.25) is 5.78 Å². The van der Waals surface area contributed by atoms with E-state index in [0.717, 1.165) is 25.9 Å². The van der Waals surface area contributed by atoms with Gasteiger partial charge in [-0.15, -0.1) is 0 Å². The third-order valence-electron chi connectivity index (χ3n) is 2.88. The Labute approximate surface area is 83.2 Å². The van der Waals surface area contributed by atoms with E-state index in [-0.39, 0.29) is 11.7 Å². The molecule has 2 aliphatic heterocycles. The predicted octanol–water partition coefficient (Wildman–Crippen LogP) is 0.357. The Morgan fingerprint density at radius 3 is 2.86 bits per heavy atom. The number of hydrogen-bond acceptors (Lipinski definition) is 3. The Morgan fingerprint density at radius 1 is 1.43 bits per heavy atom. The number of amides is 1. The maximum atomic E-state index is 11.2. The molecule has 1 amide bonds. The topological polar surface area (TPSA) is 46.6 Å². The Balaban J connectivity index is 1.75. The number of nitrogens with zero attached hydrogens (tertiary/aromatic N) is 1. The van der Waals surface area contributed by atoms with Gasteiger partial charge in [0.15, 0.2) is 0 Å². The fraction of sp³-hybridized carbons (Fsp3) is 0.800. The van der Waals surface area contributed by atoms with Crippen molar-refractivity contribution in [3.05, 3.63) is 0 Å². The average Bonchev–Trinajstić information content (AvgIpc) is 2.77. The molecule has 4 nitrogen and oxygen atoms in total. The van der Waals surface area contributed by atoms with Crippen LogP contribution in [0.2, 0.25) is 0 Å². The van der Waals surface area contributed by atoms with Crippen molar-refractivity contribution in [3.8, 4) is 0 Å². The van der Waals surface area contributed by atoms with Crippen LogP contribution in [0, 0.1) is 0 Å². The number of carbonyl (C=O) groups excluding carboxylic acids is 2. The van der Waals surface area contributed by atoms with Crippen LogP contribution < -0.4 is 0 Å². The largest absolute Gasteiger partial charge is 0.378 e. The summed E-state index contributed by atoms with van der Waals surface area (Å²) in [5.41, 5.74) is 0. The van der Waals surface area contributed by atoms with Crippen LogP contribution in [-0.4, -0.2) is 42.4 Å². The molecule has 0 bridgehead atoms. The van der Waals surface area contributed by atoms with E-state index in [1.165, 1.54) is 0 Å². The van der Waals surface area contributed by atoms with Crippen molar-refractivity contribution in [1.82, 2.24) is 4.90 Å². The molecule has 14 heavy (non-hydrogen) atoms. The lowest BCUT2D eigenvalue weighted by Gasteiger charge is -2.16. The number of carbonyl (C=O) groups is 2. The molecule has 0 N–H and O–H groups in total. The molecule has 0 spiro atoms. The number of likely N-dealkylation sites (tertiary alicyclic amines) is 1. The molecule has 78 valence electrons. The molecular weight excluding hydrogens is 182 g/mol. The minimum atomic E-state index is -0.303. The molecule has 2 saturated heterocycles. The van der Waals surface area contributed by atoms with E-state index >= 15 is 0 Å². The number of Topliss-reactive ketones (excluding diaryl/α,β-unsaturated/α-hetero) is 1. The van der Waals surface area contributed by atoms with E-state index in [2.05, 4.69) is 0 Å². The van der Waals surface area contributed by atoms with E-state index in [1.54, 1.807) is 4.90 Å². The highest BCUT2D eigenvalue weighted by Crippen LogP contribution is 2.17. The van der Waals surface area contributed by atoms with E-state index in [0.29, 0.717) is 25.6 Å². The van der Waals surface area contributed by atoms with E-state index in [9.17, 15) is 9.59 Å². The first-order valence-corrected chi connectivity index (χ1v) is 5.21. The quantitative estimate of drug-likeness (QED) is 0.613. The standard InChI is InChI=1S/C10H15NO3/c12-9-4-6-11(10(9)13)5-3-8-2-1-7-14-8/h8H,1-7H2. The Bertz CT molecular complexity index is 246. The van der Waals surface area contributed by atoms with Crippen molar-refractivity contribution in [1.29, 1.82) is 0 Å². The van der Waals surface area contributed by atoms with Gasteiger partial charge in [0.25, 0.3) is 5.91 Å². The second kappa shape index (κ2) is 4.09. The molecule has 1 unspecified atom stereocenters. The molecule has 4 heteroatoms. The molecule has 1 atom stereocenters. The predicted molar refractivity (Wildman–Crippen MR) is 49.8 cm³/mol. The summed E-state index contributed by atoms with van der Waals surface area (Å²) in [5, 5.41) is 0. The first kappa shape index (κ1) is 9.65. The summed E-state index contributed by atoms with van der Waals surface area (Å²) in [5.74, 6) is -0.541. The van der Waals surface area contributed by atoms with Gasteiger partial charge < -0.3 is 9.64 Å². The lowest BCUT2D eigenvalue weighted by atomic mass is 10.2. The van der Waals surface area contributed by atoms with E-state index in [1.807, 2.05) is 0 Å². The number of ketones is 1. The molecule has 0 saturated carbocycles. The first-order valence-electron chi connectivity index (χ1n) is 5.21. The molecule has 2 aliphatic rings. The summed E-state index contributed by atoms with van der Waals surface area (Å²) in [6, 6.07) is 0. The monoisotopic (exact) mass is 197 g/mol. The maximum Gasteiger partial charge on any atom is 0.290 e. The lowest BCUT2D eigenvalue weighted by molar-refractivity contribution is -0.140. The molecule has 2 rings (SSSR count). The van der Waals surface area contributed by atoms with Crippen molar-refractivity contribution in [2.24, 2.45) is 0 Å². The van der Waals surface area contributed by atoms with E-state index < -0.39 is 0 Å². The summed E-state index contributed by atoms with van der Waals surface area (Å²) in [7, 11) is 0. The smallest absolute Gasteiger partial charge is 0.290 e. The molecule has 0 aliphatic carbocycles. The number of rotatable bonds is 3. The fourth-order valence-corrected chi connectivity index (χ4v) is 2.01. The summed E-state index contributed by atoms with van der Waals surface area (Å²) in [6.07, 6.45) is 3.79. The summed E-state index contributed by atoms with van der Waals surface area (Å²) in [6.45, 7) is 2.12. The van der Waals surface area contributed by atoms with Gasteiger partial charge in [-0.2, -0.15) is 0 Å². The number of hydrogen-bond donors (Lipinski definition) is 0. The van der Waals surface area contributed by atoms with Crippen LogP contribution in [0.3, 0.4) is 0 Å². The Hall–Kier alpha value is -0.900. The van der Waals surface area contributed by atoms with Crippen LogP contribution in [0.4, 0.5) is 0 Å². The Kier molecular flexibility index (Phi) is 2.82. The summed E-state index contributed by atoms with van der Waals surface area (Å²) < 4.78 is 5.45. The van der Waals surface area contributed by atoms with Gasteiger partial charge >= 0.3 is 0 Å². The molecule has 0 aromatic rings. The van der Waals surface area contributed by atoms with Crippen molar-refractivity contribution < 1.29 is 14.3 Å². The van der Waals surface area contributed by atoms with Crippen LogP contribution in [-0.2, 0) is 14.3 Å². The van der Waals surface area contributed by atoms with E-state index in [4.69, 9.17) is 4.74 Å². The first-order chi connectivity index (χ1) is 6.77. The highest BCUT2D eigenvalue weighted by molar-refractivity contribution is 6.37. The zero-order chi connectivity index (χ0) is 9.97. The fourth-order valence-electron chi connectivity index (χ4n) is 2.01. The summed E-state index contributed by atoms with van der Waals surface area (Å²) in [4.78, 5) is 23.8. The van der Waals surface area contributed by atoms with Crippen molar-refractivity contribution >= 4 is 11.7 Å². The van der Waals surface area contributed by atoms with Gasteiger partial charge in [-0.3, -0.25) is 9.59 Å². The highest BCUT2D eigenvalue weighted by Gasteiger charge is 2.29. The minimum absolute atomic E-state index is 0.239. The van der Waals surface area contributed by atoms with Gasteiger partial charge in [0.05, 0.1) is 6.10 Å². The minimum Gasteiger partial charge on any atom is -0.378 e. The second-order valence-electron chi connectivity index (χ2n) is 3.89. The average molecular weight is 197 g/mol. The third-order valence-corrected chi connectivity index (χ3v) is 2.88. The van der Waals surface area contributed by atoms with Gasteiger partial charge in [0, 0.05) is 26.1 Å². The lowest BCUT2D eigenvalue weighted by Crippen LogP contribution is -2.30. The molecular formula is C10H15NO3. The van der Waals surface area contributed by atoms with Crippen molar-refractivity contribution in [2.75, 3.05) is 19.7 Å². The van der Waals surface area contributed by atoms with Gasteiger partial charge in [-0.05, 0) is 19.3 Å². The maximum absolute atomic E-state index is 11.2. The van der Waals surface area contributed by atoms with Gasteiger partial charge in [-0.1, -0.05) is 0 Å². The van der Waals surface area contributed by atoms with Gasteiger partial charge in [0.1, 0.15) is 0 Å². The summed E-state index contributed by atoms with van der Waals surface area (Å²) >= 11 is 0. The van der Waals surface area contributed by atoms with Crippen LogP contribution in [0.5, 0.6) is 0 Å². The molecule has 2 heterocycles. The van der Waals surface area contributed by atoms with Crippen molar-refractivity contribution in [3.63, 3.8) is 0 Å². The number of ether oxygens (including phenoxy) is 1. The van der Waals surface area contributed by atoms with Gasteiger partial charge in [-0.25, -0.2) is 0 Å². The zero-order valence-electron chi connectivity index (χ0n) is 8.20. The molecule has 0 aromatic carbocycles. The molecule has 0 radical (unpaired) electrons. The van der Waals surface area contributed by atoms with Crippen LogP contribution >= 0.6 is 0 Å². The second-order valence-corrected chi connectivity index (χ2v) is 3.89.